The number of hydrogen-bond donors (Lipinski definition) is 3. The highest BCUT2D eigenvalue weighted by molar-refractivity contribution is 9.09. The molecule has 9 heteroatoms. The van der Waals surface area contributed by atoms with Gasteiger partial charge in [-0.25, -0.2) is 14.8 Å². The van der Waals surface area contributed by atoms with Crippen LogP contribution in [0.2, 0.25) is 0 Å². The minimum atomic E-state index is -0.211. The molecule has 0 aliphatic carbocycles. The van der Waals surface area contributed by atoms with Crippen molar-refractivity contribution in [1.82, 2.24) is 25.2 Å². The van der Waals surface area contributed by atoms with Gasteiger partial charge in [-0.2, -0.15) is 0 Å². The third-order valence-electron chi connectivity index (χ3n) is 5.99. The summed E-state index contributed by atoms with van der Waals surface area (Å²) in [6.07, 6.45) is 1.75. The summed E-state index contributed by atoms with van der Waals surface area (Å²) in [5, 5.41) is 6.44. The number of piperazine rings is 1. The van der Waals surface area contributed by atoms with Crippen molar-refractivity contribution in [2.75, 3.05) is 37.4 Å². The number of halogens is 1. The summed E-state index contributed by atoms with van der Waals surface area (Å²) in [6.45, 7) is 1.27. The van der Waals surface area contributed by atoms with Gasteiger partial charge < -0.3 is 25.4 Å². The Labute approximate surface area is 206 Å². The SMILES string of the molecule is CN(C)c1ccc(-c2nc3nccc(C4CNCC(Br)N4C(=O)Nc4ccccc4)c3[nH]2)cc1. The molecule has 1 fully saturated rings. The van der Waals surface area contributed by atoms with Crippen LogP contribution in [-0.4, -0.2) is 58.0 Å². The number of fused-ring (bicyclic) bond motifs is 1. The molecule has 2 aromatic carbocycles. The molecule has 5 rings (SSSR count). The Kier molecular flexibility index (Phi) is 6.21. The van der Waals surface area contributed by atoms with E-state index in [0.717, 1.165) is 33.8 Å². The van der Waals surface area contributed by atoms with Gasteiger partial charge in [0.05, 0.1) is 11.6 Å². The molecule has 3 N–H and O–H groups in total. The smallest absolute Gasteiger partial charge is 0.323 e. The van der Waals surface area contributed by atoms with Crippen LogP contribution in [0.15, 0.2) is 66.9 Å². The topological polar surface area (TPSA) is 89.2 Å². The second-order valence-corrected chi connectivity index (χ2v) is 9.49. The van der Waals surface area contributed by atoms with E-state index < -0.39 is 0 Å². The average Bonchev–Trinajstić information content (AvgIpc) is 3.29. The quantitative estimate of drug-likeness (QED) is 0.271. The number of para-hydroxylation sites is 1. The van der Waals surface area contributed by atoms with Crippen LogP contribution in [0.25, 0.3) is 22.6 Å². The van der Waals surface area contributed by atoms with Crippen molar-refractivity contribution in [2.45, 2.75) is 11.0 Å². The first-order valence-electron chi connectivity index (χ1n) is 11.1. The number of benzene rings is 2. The van der Waals surface area contributed by atoms with Crippen molar-refractivity contribution in [1.29, 1.82) is 0 Å². The van der Waals surface area contributed by atoms with Crippen LogP contribution in [-0.2, 0) is 0 Å². The van der Waals surface area contributed by atoms with E-state index in [-0.39, 0.29) is 17.0 Å². The fourth-order valence-corrected chi connectivity index (χ4v) is 4.93. The van der Waals surface area contributed by atoms with Gasteiger partial charge in [-0.3, -0.25) is 0 Å². The molecule has 4 aromatic rings. The molecule has 174 valence electrons. The van der Waals surface area contributed by atoms with E-state index in [9.17, 15) is 4.79 Å². The van der Waals surface area contributed by atoms with Crippen molar-refractivity contribution in [3.05, 3.63) is 72.4 Å². The number of hydrogen-bond acceptors (Lipinski definition) is 5. The number of nitrogens with zero attached hydrogens (tertiary/aromatic N) is 4. The van der Waals surface area contributed by atoms with Gasteiger partial charge in [-0.15, -0.1) is 0 Å². The third-order valence-corrected chi connectivity index (χ3v) is 6.75. The van der Waals surface area contributed by atoms with E-state index in [2.05, 4.69) is 53.6 Å². The third kappa shape index (κ3) is 4.36. The van der Waals surface area contributed by atoms with Crippen LogP contribution in [0.1, 0.15) is 11.6 Å². The maximum atomic E-state index is 13.3. The normalized spacial score (nSPS) is 18.1. The Morgan fingerprint density at radius 1 is 1.09 bits per heavy atom. The van der Waals surface area contributed by atoms with Crippen LogP contribution >= 0.6 is 15.9 Å². The molecular formula is C25H26BrN7O. The van der Waals surface area contributed by atoms with Gasteiger partial charge in [-0.05, 0) is 42.5 Å². The number of urea groups is 1. The highest BCUT2D eigenvalue weighted by Crippen LogP contribution is 2.33. The maximum absolute atomic E-state index is 13.3. The minimum Gasteiger partial charge on any atom is -0.378 e. The first-order chi connectivity index (χ1) is 16.5. The molecule has 2 amide bonds. The number of carbonyl (C=O) groups excluding carboxylic acids is 1. The molecule has 0 bridgehead atoms. The Morgan fingerprint density at radius 3 is 2.59 bits per heavy atom. The average molecular weight is 520 g/mol. The van der Waals surface area contributed by atoms with Crippen LogP contribution in [0.5, 0.6) is 0 Å². The Morgan fingerprint density at radius 2 is 1.85 bits per heavy atom. The monoisotopic (exact) mass is 519 g/mol. The molecule has 34 heavy (non-hydrogen) atoms. The number of anilines is 2. The van der Waals surface area contributed by atoms with Gasteiger partial charge in [0.15, 0.2) is 5.65 Å². The van der Waals surface area contributed by atoms with E-state index in [1.165, 1.54) is 0 Å². The molecule has 0 saturated carbocycles. The summed E-state index contributed by atoms with van der Waals surface area (Å²) in [6, 6.07) is 19.3. The predicted molar refractivity (Wildman–Crippen MR) is 139 cm³/mol. The Hall–Kier alpha value is -3.43. The molecule has 0 spiro atoms. The molecule has 2 aromatic heterocycles. The van der Waals surface area contributed by atoms with E-state index in [1.54, 1.807) is 6.20 Å². The molecule has 0 radical (unpaired) electrons. The fourth-order valence-electron chi connectivity index (χ4n) is 4.23. The highest BCUT2D eigenvalue weighted by Gasteiger charge is 2.35. The number of amides is 2. The zero-order valence-electron chi connectivity index (χ0n) is 19.0. The van der Waals surface area contributed by atoms with Crippen molar-refractivity contribution in [3.8, 4) is 11.4 Å². The summed E-state index contributed by atoms with van der Waals surface area (Å²) >= 11 is 3.69. The number of alkyl halides is 1. The second-order valence-electron chi connectivity index (χ2n) is 8.44. The van der Waals surface area contributed by atoms with Crippen molar-refractivity contribution in [3.63, 3.8) is 0 Å². The van der Waals surface area contributed by atoms with Gasteiger partial charge in [0.1, 0.15) is 10.8 Å². The molecule has 2 atom stereocenters. The van der Waals surface area contributed by atoms with Gasteiger partial charge in [-0.1, -0.05) is 34.1 Å². The maximum Gasteiger partial charge on any atom is 0.323 e. The van der Waals surface area contributed by atoms with Crippen molar-refractivity contribution in [2.24, 2.45) is 0 Å². The summed E-state index contributed by atoms with van der Waals surface area (Å²) < 4.78 is 0. The lowest BCUT2D eigenvalue weighted by molar-refractivity contribution is 0.163. The van der Waals surface area contributed by atoms with Crippen LogP contribution in [0.3, 0.4) is 0 Å². The highest BCUT2D eigenvalue weighted by atomic mass is 79.9. The van der Waals surface area contributed by atoms with Crippen molar-refractivity contribution < 1.29 is 4.79 Å². The lowest BCUT2D eigenvalue weighted by Crippen LogP contribution is -2.54. The van der Waals surface area contributed by atoms with Crippen LogP contribution < -0.4 is 15.5 Å². The Balaban J connectivity index is 1.49. The van der Waals surface area contributed by atoms with E-state index >= 15 is 0 Å². The lowest BCUT2D eigenvalue weighted by Gasteiger charge is -2.40. The number of rotatable bonds is 4. The molecule has 3 heterocycles. The number of aromatic amines is 1. The zero-order valence-corrected chi connectivity index (χ0v) is 20.6. The van der Waals surface area contributed by atoms with Crippen molar-refractivity contribution >= 4 is 44.5 Å². The van der Waals surface area contributed by atoms with Crippen LogP contribution in [0.4, 0.5) is 16.2 Å². The molecular weight excluding hydrogens is 494 g/mol. The first-order valence-corrected chi connectivity index (χ1v) is 12.0. The number of imidazole rings is 1. The lowest BCUT2D eigenvalue weighted by atomic mass is 10.0. The summed E-state index contributed by atoms with van der Waals surface area (Å²) in [5.41, 5.74) is 5.29. The Bertz CT molecular complexity index is 1290. The number of aromatic nitrogens is 3. The van der Waals surface area contributed by atoms with Gasteiger partial charge in [0.25, 0.3) is 0 Å². The molecule has 8 nitrogen and oxygen atoms in total. The molecule has 1 saturated heterocycles. The zero-order chi connectivity index (χ0) is 23.7. The first kappa shape index (κ1) is 22.4. The number of carbonyl (C=O) groups is 1. The second kappa shape index (κ2) is 9.44. The summed E-state index contributed by atoms with van der Waals surface area (Å²) in [7, 11) is 4.03. The molecule has 1 aliphatic rings. The molecule has 2 unspecified atom stereocenters. The number of nitrogens with one attached hydrogen (secondary N) is 3. The predicted octanol–water partition coefficient (Wildman–Crippen LogP) is 4.59. The number of pyridine rings is 1. The van der Waals surface area contributed by atoms with Gasteiger partial charge in [0.2, 0.25) is 0 Å². The minimum absolute atomic E-state index is 0.163. The van der Waals surface area contributed by atoms with E-state index in [1.807, 2.05) is 67.5 Å². The van der Waals surface area contributed by atoms with Crippen LogP contribution in [0, 0.1) is 0 Å². The summed E-state index contributed by atoms with van der Waals surface area (Å²) in [4.78, 5) is 29.7. The van der Waals surface area contributed by atoms with Gasteiger partial charge >= 0.3 is 6.03 Å². The van der Waals surface area contributed by atoms with Gasteiger partial charge in [0, 0.05) is 55.9 Å². The standard InChI is InChI=1S/C25H26BrN7O/c1-32(2)18-10-8-16(9-11-18)23-30-22-19(12-13-28-24(22)31-23)20-14-27-15-21(26)33(20)25(34)29-17-6-4-3-5-7-17/h3-13,20-21,27H,14-15H2,1-2H3,(H,29,34)(H,28,30,31). The van der Waals surface area contributed by atoms with E-state index in [0.29, 0.717) is 18.7 Å². The molecule has 1 aliphatic heterocycles. The summed E-state index contributed by atoms with van der Waals surface area (Å²) in [5.74, 6) is 0.750. The van der Waals surface area contributed by atoms with E-state index in [4.69, 9.17) is 4.98 Å². The number of H-pyrrole nitrogens is 1. The largest absolute Gasteiger partial charge is 0.378 e. The fraction of sp³-hybridized carbons (Fsp3) is 0.240.